The molecule has 0 N–H and O–H groups in total. The Kier molecular flexibility index (Phi) is 4.54. The van der Waals surface area contributed by atoms with Crippen LogP contribution in [0.2, 0.25) is 0 Å². The summed E-state index contributed by atoms with van der Waals surface area (Å²) in [6.45, 7) is 1.08. The molecule has 5 rings (SSSR count). The number of fused-ring (bicyclic) bond motifs is 1. The van der Waals surface area contributed by atoms with Gasteiger partial charge in [0.1, 0.15) is 5.82 Å². The summed E-state index contributed by atoms with van der Waals surface area (Å²) in [6.07, 6.45) is -1.13. The summed E-state index contributed by atoms with van der Waals surface area (Å²) in [5, 5.41) is 10.6. The van der Waals surface area contributed by atoms with Gasteiger partial charge >= 0.3 is 6.43 Å². The average molecular weight is 414 g/mol. The maximum absolute atomic E-state index is 13.7. The topological polar surface area (TPSA) is 62.5 Å². The van der Waals surface area contributed by atoms with Crippen molar-refractivity contribution in [2.75, 3.05) is 6.54 Å². The molecule has 9 heteroatoms. The van der Waals surface area contributed by atoms with Gasteiger partial charge < -0.3 is 4.42 Å². The Balaban J connectivity index is 1.42. The minimum atomic E-state index is -2.85. The minimum absolute atomic E-state index is 0.0573. The molecule has 0 saturated carbocycles. The lowest BCUT2D eigenvalue weighted by atomic mass is 10.1. The van der Waals surface area contributed by atoms with Crippen LogP contribution in [-0.2, 0) is 6.54 Å². The van der Waals surface area contributed by atoms with Crippen molar-refractivity contribution in [1.29, 1.82) is 0 Å². The van der Waals surface area contributed by atoms with Gasteiger partial charge in [0, 0.05) is 17.7 Å². The van der Waals surface area contributed by atoms with Gasteiger partial charge in [0.15, 0.2) is 0 Å². The fraction of sp³-hybridized carbons (Fsp3) is 0.286. The maximum Gasteiger partial charge on any atom is 0.314 e. The molecule has 1 aromatic heterocycles. The van der Waals surface area contributed by atoms with Crippen LogP contribution in [0, 0.1) is 5.82 Å². The Bertz CT molecular complexity index is 1120. The van der Waals surface area contributed by atoms with Crippen molar-refractivity contribution in [1.82, 2.24) is 20.2 Å². The van der Waals surface area contributed by atoms with Crippen LogP contribution in [0.5, 0.6) is 0 Å². The SMILES string of the molecule is O=C1c2cc(-c3nnc(C(F)F)o3)ccc2CN1N1CCCC1c1cccc(F)c1. The Morgan fingerprint density at radius 1 is 1.13 bits per heavy atom. The number of hydrogen-bond donors (Lipinski definition) is 0. The first-order chi connectivity index (χ1) is 14.5. The first-order valence-corrected chi connectivity index (χ1v) is 9.60. The highest BCUT2D eigenvalue weighted by atomic mass is 19.3. The second kappa shape index (κ2) is 7.24. The summed E-state index contributed by atoms with van der Waals surface area (Å²) in [5.74, 6) is -1.31. The quantitative estimate of drug-likeness (QED) is 0.628. The number of nitrogens with zero attached hydrogens (tertiary/aromatic N) is 4. The summed E-state index contributed by atoms with van der Waals surface area (Å²) >= 11 is 0. The summed E-state index contributed by atoms with van der Waals surface area (Å²) in [4.78, 5) is 13.1. The van der Waals surface area contributed by atoms with Crippen molar-refractivity contribution < 1.29 is 22.4 Å². The van der Waals surface area contributed by atoms with E-state index < -0.39 is 12.3 Å². The number of halogens is 3. The van der Waals surface area contributed by atoms with Gasteiger partial charge in [-0.2, -0.15) is 8.78 Å². The molecule has 3 heterocycles. The Labute approximate surface area is 169 Å². The van der Waals surface area contributed by atoms with Crippen molar-refractivity contribution in [3.8, 4) is 11.5 Å². The van der Waals surface area contributed by atoms with E-state index in [1.165, 1.54) is 12.1 Å². The third kappa shape index (κ3) is 3.15. The van der Waals surface area contributed by atoms with Gasteiger partial charge in [-0.1, -0.05) is 18.2 Å². The van der Waals surface area contributed by atoms with E-state index in [-0.39, 0.29) is 23.7 Å². The van der Waals surface area contributed by atoms with E-state index in [1.807, 2.05) is 11.1 Å². The molecular weight excluding hydrogens is 397 g/mol. The number of rotatable bonds is 4. The number of alkyl halides is 2. The molecule has 1 fully saturated rings. The van der Waals surface area contributed by atoms with E-state index in [0.29, 0.717) is 24.2 Å². The second-order valence-corrected chi connectivity index (χ2v) is 7.36. The molecule has 0 spiro atoms. The average Bonchev–Trinajstić information content (AvgIpc) is 3.46. The molecule has 0 aliphatic carbocycles. The minimum Gasteiger partial charge on any atom is -0.415 e. The monoisotopic (exact) mass is 414 g/mol. The lowest BCUT2D eigenvalue weighted by Crippen LogP contribution is -2.42. The van der Waals surface area contributed by atoms with E-state index in [0.717, 1.165) is 24.0 Å². The van der Waals surface area contributed by atoms with Crippen LogP contribution in [0.1, 0.15) is 52.7 Å². The van der Waals surface area contributed by atoms with Crippen molar-refractivity contribution in [3.63, 3.8) is 0 Å². The highest BCUT2D eigenvalue weighted by molar-refractivity contribution is 5.99. The van der Waals surface area contributed by atoms with E-state index in [4.69, 9.17) is 4.42 Å². The van der Waals surface area contributed by atoms with Gasteiger partial charge in [0.05, 0.1) is 12.6 Å². The lowest BCUT2D eigenvalue weighted by molar-refractivity contribution is -0.0189. The molecule has 3 aromatic rings. The number of amides is 1. The standard InChI is InChI=1S/C21H17F3N4O2/c22-15-4-1-3-12(9-15)17-5-2-8-27(17)28-11-14-7-6-13(10-16(14)21(28)29)19-25-26-20(30-19)18(23)24/h1,3-4,6-7,9-10,17-18H,2,5,8,11H2. The van der Waals surface area contributed by atoms with Gasteiger partial charge in [-0.05, 0) is 48.2 Å². The molecule has 1 atom stereocenters. The molecule has 154 valence electrons. The van der Waals surface area contributed by atoms with Gasteiger partial charge in [-0.15, -0.1) is 10.2 Å². The Morgan fingerprint density at radius 3 is 2.77 bits per heavy atom. The highest BCUT2D eigenvalue weighted by Gasteiger charge is 2.38. The van der Waals surface area contributed by atoms with E-state index in [1.54, 1.807) is 29.3 Å². The van der Waals surface area contributed by atoms with Crippen LogP contribution < -0.4 is 0 Å². The first kappa shape index (κ1) is 18.8. The van der Waals surface area contributed by atoms with Crippen molar-refractivity contribution in [2.45, 2.75) is 31.9 Å². The number of hydrazine groups is 1. The van der Waals surface area contributed by atoms with Crippen molar-refractivity contribution in [2.24, 2.45) is 0 Å². The highest BCUT2D eigenvalue weighted by Crippen LogP contribution is 2.38. The number of carbonyl (C=O) groups excluding carboxylic acids is 1. The largest absolute Gasteiger partial charge is 0.415 e. The summed E-state index contributed by atoms with van der Waals surface area (Å²) in [7, 11) is 0. The molecular formula is C21H17F3N4O2. The third-order valence-corrected chi connectivity index (χ3v) is 5.54. The summed E-state index contributed by atoms with van der Waals surface area (Å²) < 4.78 is 44.1. The molecule has 0 radical (unpaired) electrons. The zero-order valence-corrected chi connectivity index (χ0v) is 15.8. The van der Waals surface area contributed by atoms with E-state index in [9.17, 15) is 18.0 Å². The number of hydrogen-bond acceptors (Lipinski definition) is 5. The number of benzene rings is 2. The van der Waals surface area contributed by atoms with Gasteiger partial charge in [-0.3, -0.25) is 9.80 Å². The summed E-state index contributed by atoms with van der Waals surface area (Å²) in [5.41, 5.74) is 2.53. The predicted octanol–water partition coefficient (Wildman–Crippen LogP) is 4.52. The number of carbonyl (C=O) groups is 1. The normalized spacial score (nSPS) is 19.1. The maximum atomic E-state index is 13.7. The van der Waals surface area contributed by atoms with Crippen molar-refractivity contribution >= 4 is 5.91 Å². The molecule has 0 bridgehead atoms. The predicted molar refractivity (Wildman–Crippen MR) is 99.6 cm³/mol. The zero-order valence-electron chi connectivity index (χ0n) is 15.8. The summed E-state index contributed by atoms with van der Waals surface area (Å²) in [6, 6.07) is 11.4. The Morgan fingerprint density at radius 2 is 2.00 bits per heavy atom. The van der Waals surface area contributed by atoms with Crippen molar-refractivity contribution in [3.05, 3.63) is 70.9 Å². The van der Waals surface area contributed by atoms with Crippen LogP contribution in [0.3, 0.4) is 0 Å². The molecule has 2 aliphatic rings. The fourth-order valence-corrected chi connectivity index (χ4v) is 4.16. The molecule has 1 saturated heterocycles. The van der Waals surface area contributed by atoms with E-state index in [2.05, 4.69) is 10.2 Å². The molecule has 1 amide bonds. The van der Waals surface area contributed by atoms with Gasteiger partial charge in [0.2, 0.25) is 5.89 Å². The van der Waals surface area contributed by atoms with Gasteiger partial charge in [0.25, 0.3) is 11.8 Å². The third-order valence-electron chi connectivity index (χ3n) is 5.54. The second-order valence-electron chi connectivity index (χ2n) is 7.36. The Hall–Kier alpha value is -3.20. The fourth-order valence-electron chi connectivity index (χ4n) is 4.16. The zero-order chi connectivity index (χ0) is 20.8. The number of aromatic nitrogens is 2. The van der Waals surface area contributed by atoms with Crippen LogP contribution in [0.4, 0.5) is 13.2 Å². The van der Waals surface area contributed by atoms with Crippen LogP contribution in [0.15, 0.2) is 46.9 Å². The molecule has 1 unspecified atom stereocenters. The molecule has 2 aliphatic heterocycles. The lowest BCUT2D eigenvalue weighted by Gasteiger charge is -2.33. The van der Waals surface area contributed by atoms with Crippen LogP contribution in [-0.4, -0.2) is 32.7 Å². The van der Waals surface area contributed by atoms with Gasteiger partial charge in [-0.25, -0.2) is 9.40 Å². The molecule has 6 nitrogen and oxygen atoms in total. The molecule has 2 aromatic carbocycles. The smallest absolute Gasteiger partial charge is 0.314 e. The van der Waals surface area contributed by atoms with Crippen LogP contribution in [0.25, 0.3) is 11.5 Å². The van der Waals surface area contributed by atoms with Crippen LogP contribution >= 0.6 is 0 Å². The first-order valence-electron chi connectivity index (χ1n) is 9.60. The van der Waals surface area contributed by atoms with E-state index >= 15 is 0 Å². The molecule has 30 heavy (non-hydrogen) atoms.